The van der Waals surface area contributed by atoms with Gasteiger partial charge in [0.25, 0.3) is 0 Å². The molecule has 1 aromatic heterocycles. The summed E-state index contributed by atoms with van der Waals surface area (Å²) in [6, 6.07) is 11.1. The molecule has 0 aliphatic rings. The highest BCUT2D eigenvalue weighted by molar-refractivity contribution is 5.89. The summed E-state index contributed by atoms with van der Waals surface area (Å²) in [4.78, 5) is 20.2. The van der Waals surface area contributed by atoms with Crippen LogP contribution in [0.15, 0.2) is 48.8 Å². The summed E-state index contributed by atoms with van der Waals surface area (Å²) in [6.07, 6.45) is 3.55. The van der Waals surface area contributed by atoms with Crippen LogP contribution in [-0.4, -0.2) is 49.7 Å². The van der Waals surface area contributed by atoms with Crippen LogP contribution in [0.25, 0.3) is 0 Å². The van der Waals surface area contributed by atoms with Gasteiger partial charge in [-0.1, -0.05) is 6.07 Å². The van der Waals surface area contributed by atoms with Crippen LogP contribution in [0.5, 0.6) is 5.75 Å². The second kappa shape index (κ2) is 9.77. The molecule has 0 aliphatic heterocycles. The summed E-state index contributed by atoms with van der Waals surface area (Å²) >= 11 is 0. The molecule has 2 N–H and O–H groups in total. The average molecular weight is 357 g/mol. The van der Waals surface area contributed by atoms with Crippen molar-refractivity contribution in [3.05, 3.63) is 54.4 Å². The standard InChI is InChI=1S/C20H28N4O2/c1-5-26-19-10-8-18(9-11-19)22-20(25)24(14-13-23(3)4)16(2)17-7-6-12-21-15-17/h6-12,15-16H,5,13-14H2,1-4H3,(H,22,25)/p+1. The van der Waals surface area contributed by atoms with Crippen LogP contribution in [-0.2, 0) is 0 Å². The van der Waals surface area contributed by atoms with E-state index in [4.69, 9.17) is 4.74 Å². The lowest BCUT2D eigenvalue weighted by Crippen LogP contribution is -3.06. The quantitative estimate of drug-likeness (QED) is 0.762. The zero-order valence-corrected chi connectivity index (χ0v) is 16.0. The molecule has 1 aromatic carbocycles. The molecule has 0 saturated heterocycles. The van der Waals surface area contributed by atoms with Gasteiger partial charge in [0, 0.05) is 18.1 Å². The molecule has 0 bridgehead atoms. The van der Waals surface area contributed by atoms with Gasteiger partial charge in [0.15, 0.2) is 0 Å². The molecule has 1 heterocycles. The Kier molecular flexibility index (Phi) is 7.41. The van der Waals surface area contributed by atoms with Crippen molar-refractivity contribution in [1.29, 1.82) is 0 Å². The Hall–Kier alpha value is -2.60. The van der Waals surface area contributed by atoms with Crippen LogP contribution < -0.4 is 15.0 Å². The molecule has 6 heteroatoms. The number of ether oxygens (including phenoxy) is 1. The highest BCUT2D eigenvalue weighted by Gasteiger charge is 2.22. The SMILES string of the molecule is CCOc1ccc(NC(=O)N(CC[NH+](C)C)C(C)c2cccnc2)cc1. The fourth-order valence-corrected chi connectivity index (χ4v) is 2.61. The van der Waals surface area contributed by atoms with E-state index in [2.05, 4.69) is 24.4 Å². The molecule has 0 aliphatic carbocycles. The van der Waals surface area contributed by atoms with Crippen LogP contribution >= 0.6 is 0 Å². The number of aromatic nitrogens is 1. The second-order valence-corrected chi connectivity index (χ2v) is 6.50. The normalized spacial score (nSPS) is 11.9. The fraction of sp³-hybridized carbons (Fsp3) is 0.400. The van der Waals surface area contributed by atoms with E-state index in [-0.39, 0.29) is 12.1 Å². The van der Waals surface area contributed by atoms with Crippen molar-refractivity contribution in [3.63, 3.8) is 0 Å². The maximum absolute atomic E-state index is 12.9. The molecular formula is C20H29N4O2+. The minimum Gasteiger partial charge on any atom is -0.494 e. The van der Waals surface area contributed by atoms with Crippen LogP contribution in [0.1, 0.15) is 25.5 Å². The third-order valence-electron chi connectivity index (χ3n) is 4.16. The van der Waals surface area contributed by atoms with Gasteiger partial charge in [-0.25, -0.2) is 4.79 Å². The number of likely N-dealkylation sites (N-methyl/N-ethyl adjacent to an activating group) is 1. The van der Waals surface area contributed by atoms with Crippen molar-refractivity contribution in [3.8, 4) is 5.75 Å². The Balaban J connectivity index is 2.11. The molecule has 26 heavy (non-hydrogen) atoms. The molecule has 0 saturated carbocycles. The molecule has 0 spiro atoms. The molecule has 1 unspecified atom stereocenters. The van der Waals surface area contributed by atoms with Gasteiger partial charge in [-0.05, 0) is 49.7 Å². The minimum absolute atomic E-state index is 0.0641. The zero-order valence-electron chi connectivity index (χ0n) is 16.0. The Morgan fingerprint density at radius 1 is 1.27 bits per heavy atom. The lowest BCUT2D eigenvalue weighted by atomic mass is 10.1. The topological polar surface area (TPSA) is 58.9 Å². The average Bonchev–Trinajstić information content (AvgIpc) is 2.64. The summed E-state index contributed by atoms with van der Waals surface area (Å²) in [7, 11) is 4.16. The van der Waals surface area contributed by atoms with E-state index in [1.54, 1.807) is 6.20 Å². The monoisotopic (exact) mass is 357 g/mol. The van der Waals surface area contributed by atoms with E-state index in [0.717, 1.165) is 23.5 Å². The number of quaternary nitrogens is 1. The van der Waals surface area contributed by atoms with Gasteiger partial charge >= 0.3 is 6.03 Å². The van der Waals surface area contributed by atoms with Crippen molar-refractivity contribution in [2.24, 2.45) is 0 Å². The number of rotatable bonds is 8. The summed E-state index contributed by atoms with van der Waals surface area (Å²) < 4.78 is 5.44. The van der Waals surface area contributed by atoms with Crippen LogP contribution in [0.2, 0.25) is 0 Å². The first-order valence-corrected chi connectivity index (χ1v) is 9.00. The van der Waals surface area contributed by atoms with Gasteiger partial charge in [0.1, 0.15) is 5.75 Å². The van der Waals surface area contributed by atoms with Crippen LogP contribution in [0.3, 0.4) is 0 Å². The Morgan fingerprint density at radius 3 is 2.58 bits per heavy atom. The molecule has 140 valence electrons. The van der Waals surface area contributed by atoms with Gasteiger partial charge in [-0.2, -0.15) is 0 Å². The van der Waals surface area contributed by atoms with Crippen molar-refractivity contribution < 1.29 is 14.4 Å². The molecule has 2 aromatic rings. The predicted molar refractivity (Wildman–Crippen MR) is 104 cm³/mol. The Bertz CT molecular complexity index is 674. The maximum Gasteiger partial charge on any atom is 0.322 e. The number of hydrogen-bond acceptors (Lipinski definition) is 3. The summed E-state index contributed by atoms with van der Waals surface area (Å²) in [6.45, 7) is 6.11. The highest BCUT2D eigenvalue weighted by atomic mass is 16.5. The van der Waals surface area contributed by atoms with Crippen LogP contribution in [0, 0.1) is 0 Å². The number of carbonyl (C=O) groups excluding carboxylic acids is 1. The van der Waals surface area contributed by atoms with Crippen molar-refractivity contribution in [1.82, 2.24) is 9.88 Å². The van der Waals surface area contributed by atoms with Gasteiger partial charge < -0.3 is 19.9 Å². The summed E-state index contributed by atoms with van der Waals surface area (Å²) in [5, 5.41) is 2.99. The lowest BCUT2D eigenvalue weighted by Gasteiger charge is -2.29. The Morgan fingerprint density at radius 2 is 2.00 bits per heavy atom. The van der Waals surface area contributed by atoms with Gasteiger partial charge in [-0.15, -0.1) is 0 Å². The third-order valence-corrected chi connectivity index (χ3v) is 4.16. The van der Waals surface area contributed by atoms with E-state index in [9.17, 15) is 4.79 Å². The molecule has 0 fully saturated rings. The molecular weight excluding hydrogens is 328 g/mol. The first kappa shape index (κ1) is 19.7. The number of nitrogens with zero attached hydrogens (tertiary/aromatic N) is 2. The number of amides is 2. The largest absolute Gasteiger partial charge is 0.494 e. The number of carbonyl (C=O) groups is 1. The number of pyridine rings is 1. The molecule has 2 rings (SSSR count). The molecule has 6 nitrogen and oxygen atoms in total. The number of benzene rings is 1. The van der Waals surface area contributed by atoms with E-state index in [1.165, 1.54) is 4.90 Å². The highest BCUT2D eigenvalue weighted by Crippen LogP contribution is 2.21. The zero-order chi connectivity index (χ0) is 18.9. The fourth-order valence-electron chi connectivity index (χ4n) is 2.61. The van der Waals surface area contributed by atoms with E-state index < -0.39 is 0 Å². The van der Waals surface area contributed by atoms with E-state index in [0.29, 0.717) is 13.2 Å². The first-order chi connectivity index (χ1) is 12.5. The number of hydrogen-bond donors (Lipinski definition) is 2. The van der Waals surface area contributed by atoms with E-state index >= 15 is 0 Å². The molecule has 2 amide bonds. The lowest BCUT2D eigenvalue weighted by molar-refractivity contribution is -0.857. The van der Waals surface area contributed by atoms with Crippen molar-refractivity contribution >= 4 is 11.7 Å². The first-order valence-electron chi connectivity index (χ1n) is 9.00. The third kappa shape index (κ3) is 5.74. The number of nitrogens with one attached hydrogen (secondary N) is 2. The van der Waals surface area contributed by atoms with E-state index in [1.807, 2.05) is 61.3 Å². The smallest absolute Gasteiger partial charge is 0.322 e. The predicted octanol–water partition coefficient (Wildman–Crippen LogP) is 2.22. The number of anilines is 1. The maximum atomic E-state index is 12.9. The Labute approximate surface area is 155 Å². The van der Waals surface area contributed by atoms with Gasteiger partial charge in [-0.3, -0.25) is 4.98 Å². The summed E-state index contributed by atoms with van der Waals surface area (Å²) in [5.74, 6) is 0.794. The minimum atomic E-state index is -0.119. The summed E-state index contributed by atoms with van der Waals surface area (Å²) in [5.41, 5.74) is 1.77. The molecule has 0 radical (unpaired) electrons. The van der Waals surface area contributed by atoms with Crippen molar-refractivity contribution in [2.75, 3.05) is 39.1 Å². The second-order valence-electron chi connectivity index (χ2n) is 6.50. The van der Waals surface area contributed by atoms with Gasteiger partial charge in [0.2, 0.25) is 0 Å². The van der Waals surface area contributed by atoms with Crippen LogP contribution in [0.4, 0.5) is 10.5 Å². The number of urea groups is 1. The van der Waals surface area contributed by atoms with Crippen molar-refractivity contribution in [2.45, 2.75) is 19.9 Å². The molecule has 1 atom stereocenters. The van der Waals surface area contributed by atoms with Gasteiger partial charge in [0.05, 0.1) is 39.8 Å².